The van der Waals surface area contributed by atoms with E-state index in [2.05, 4.69) is 0 Å². The van der Waals surface area contributed by atoms with Crippen LogP contribution in [0.3, 0.4) is 0 Å². The Kier molecular flexibility index (Phi) is 3.37. The van der Waals surface area contributed by atoms with Crippen LogP contribution in [0.15, 0.2) is 34.9 Å². The van der Waals surface area contributed by atoms with E-state index in [4.69, 9.17) is 9.15 Å². The predicted molar refractivity (Wildman–Crippen MR) is 67.0 cm³/mol. The van der Waals surface area contributed by atoms with E-state index in [9.17, 15) is 9.90 Å². The number of rotatable bonds is 4. The van der Waals surface area contributed by atoms with Gasteiger partial charge < -0.3 is 14.3 Å². The molecule has 1 aromatic heterocycles. The van der Waals surface area contributed by atoms with E-state index < -0.39 is 5.97 Å². The van der Waals surface area contributed by atoms with Gasteiger partial charge in [0.15, 0.2) is 0 Å². The third-order valence-electron chi connectivity index (χ3n) is 2.81. The van der Waals surface area contributed by atoms with Gasteiger partial charge in [-0.3, -0.25) is 0 Å². The fourth-order valence-electron chi connectivity index (χ4n) is 1.84. The summed E-state index contributed by atoms with van der Waals surface area (Å²) in [6, 6.07) is 7.11. The van der Waals surface area contributed by atoms with Gasteiger partial charge in [0.25, 0.3) is 0 Å². The molecular formula is C14H14O4. The van der Waals surface area contributed by atoms with Crippen LogP contribution in [-0.2, 0) is 6.42 Å². The molecule has 2 rings (SSSR count). The van der Waals surface area contributed by atoms with Crippen molar-refractivity contribution in [3.05, 3.63) is 41.7 Å². The topological polar surface area (TPSA) is 59.7 Å². The van der Waals surface area contributed by atoms with Crippen molar-refractivity contribution in [3.63, 3.8) is 0 Å². The fraction of sp³-hybridized carbons (Fsp3) is 0.214. The Morgan fingerprint density at radius 3 is 2.50 bits per heavy atom. The smallest absolute Gasteiger partial charge is 0.339 e. The zero-order chi connectivity index (χ0) is 13.1. The van der Waals surface area contributed by atoms with E-state index in [1.165, 1.54) is 6.26 Å². The quantitative estimate of drug-likeness (QED) is 0.899. The Hall–Kier alpha value is -2.23. The monoisotopic (exact) mass is 246 g/mol. The number of ether oxygens (including phenoxy) is 1. The molecule has 0 amide bonds. The van der Waals surface area contributed by atoms with Gasteiger partial charge in [0.2, 0.25) is 0 Å². The van der Waals surface area contributed by atoms with Crippen molar-refractivity contribution in [3.8, 4) is 17.1 Å². The molecule has 18 heavy (non-hydrogen) atoms. The molecule has 94 valence electrons. The predicted octanol–water partition coefficient (Wildman–Crippen LogP) is 3.22. The van der Waals surface area contributed by atoms with E-state index in [0.29, 0.717) is 17.7 Å². The summed E-state index contributed by atoms with van der Waals surface area (Å²) in [6.07, 6.45) is 2.13. The molecule has 0 spiro atoms. The van der Waals surface area contributed by atoms with E-state index in [1.807, 2.05) is 6.92 Å². The first-order valence-corrected chi connectivity index (χ1v) is 5.65. The highest BCUT2D eigenvalue weighted by molar-refractivity contribution is 5.96. The van der Waals surface area contributed by atoms with Gasteiger partial charge in [-0.05, 0) is 30.7 Å². The minimum absolute atomic E-state index is 0.239. The summed E-state index contributed by atoms with van der Waals surface area (Å²) < 4.78 is 10.4. The lowest BCUT2D eigenvalue weighted by Crippen LogP contribution is -2.00. The lowest BCUT2D eigenvalue weighted by atomic mass is 10.0. The standard InChI is InChI=1S/C14H14O4/c1-3-9-8-18-13(12(9)14(15)16)10-4-6-11(17-2)7-5-10/h4-8H,3H2,1-2H3,(H,15,16). The van der Waals surface area contributed by atoms with Crippen molar-refractivity contribution in [2.24, 2.45) is 0 Å². The van der Waals surface area contributed by atoms with E-state index >= 15 is 0 Å². The van der Waals surface area contributed by atoms with Crippen LogP contribution in [0, 0.1) is 0 Å². The van der Waals surface area contributed by atoms with Crippen molar-refractivity contribution in [1.82, 2.24) is 0 Å². The molecule has 0 aliphatic rings. The van der Waals surface area contributed by atoms with E-state index in [-0.39, 0.29) is 5.56 Å². The summed E-state index contributed by atoms with van der Waals surface area (Å²) >= 11 is 0. The largest absolute Gasteiger partial charge is 0.497 e. The SMILES string of the molecule is CCc1coc(-c2ccc(OC)cc2)c1C(=O)O. The zero-order valence-corrected chi connectivity index (χ0v) is 10.3. The molecule has 0 saturated heterocycles. The molecule has 2 aromatic rings. The van der Waals surface area contributed by atoms with Crippen LogP contribution in [0.5, 0.6) is 5.75 Å². The molecule has 1 heterocycles. The van der Waals surface area contributed by atoms with Crippen LogP contribution in [-0.4, -0.2) is 18.2 Å². The molecule has 0 radical (unpaired) electrons. The van der Waals surface area contributed by atoms with E-state index in [1.54, 1.807) is 31.4 Å². The van der Waals surface area contributed by atoms with Crippen molar-refractivity contribution in [1.29, 1.82) is 0 Å². The number of carboxylic acids is 1. The lowest BCUT2D eigenvalue weighted by Gasteiger charge is -2.02. The average molecular weight is 246 g/mol. The maximum absolute atomic E-state index is 11.3. The molecule has 0 aliphatic carbocycles. The third-order valence-corrected chi connectivity index (χ3v) is 2.81. The molecule has 0 unspecified atom stereocenters. The molecule has 4 heteroatoms. The number of aromatic carboxylic acids is 1. The number of benzene rings is 1. The van der Waals surface area contributed by atoms with Gasteiger partial charge >= 0.3 is 5.97 Å². The number of furan rings is 1. The van der Waals surface area contributed by atoms with Gasteiger partial charge in [-0.1, -0.05) is 6.92 Å². The molecule has 0 bridgehead atoms. The van der Waals surface area contributed by atoms with Crippen molar-refractivity contribution >= 4 is 5.97 Å². The minimum atomic E-state index is -0.966. The van der Waals surface area contributed by atoms with Crippen molar-refractivity contribution in [2.75, 3.05) is 7.11 Å². The number of hydrogen-bond donors (Lipinski definition) is 1. The summed E-state index contributed by atoms with van der Waals surface area (Å²) in [4.78, 5) is 11.3. The third kappa shape index (κ3) is 2.09. The second-order valence-corrected chi connectivity index (χ2v) is 3.85. The second kappa shape index (κ2) is 4.96. The van der Waals surface area contributed by atoms with Gasteiger partial charge in [0, 0.05) is 11.1 Å². The first-order valence-electron chi connectivity index (χ1n) is 5.65. The minimum Gasteiger partial charge on any atom is -0.497 e. The zero-order valence-electron chi connectivity index (χ0n) is 10.3. The van der Waals surface area contributed by atoms with Crippen molar-refractivity contribution < 1.29 is 19.1 Å². The van der Waals surface area contributed by atoms with Gasteiger partial charge in [0.1, 0.15) is 17.1 Å². The Morgan fingerprint density at radius 2 is 2.00 bits per heavy atom. The summed E-state index contributed by atoms with van der Waals surface area (Å²) in [7, 11) is 1.58. The Labute approximate surface area is 105 Å². The molecule has 0 fully saturated rings. The number of aryl methyl sites for hydroxylation is 1. The maximum Gasteiger partial charge on any atom is 0.339 e. The van der Waals surface area contributed by atoms with Crippen LogP contribution in [0.4, 0.5) is 0 Å². The summed E-state index contributed by atoms with van der Waals surface area (Å²) in [6.45, 7) is 1.90. The first kappa shape index (κ1) is 12.2. The molecule has 0 saturated carbocycles. The second-order valence-electron chi connectivity index (χ2n) is 3.85. The molecule has 4 nitrogen and oxygen atoms in total. The Balaban J connectivity index is 2.49. The van der Waals surface area contributed by atoms with Gasteiger partial charge in [-0.15, -0.1) is 0 Å². The van der Waals surface area contributed by atoms with Crippen molar-refractivity contribution in [2.45, 2.75) is 13.3 Å². The lowest BCUT2D eigenvalue weighted by molar-refractivity contribution is 0.0696. The summed E-state index contributed by atoms with van der Waals surface area (Å²) in [5, 5.41) is 9.24. The molecule has 1 aromatic carbocycles. The summed E-state index contributed by atoms with van der Waals surface area (Å²) in [5.41, 5.74) is 1.67. The summed E-state index contributed by atoms with van der Waals surface area (Å²) in [5.74, 6) is 0.145. The maximum atomic E-state index is 11.3. The normalized spacial score (nSPS) is 10.3. The highest BCUT2D eigenvalue weighted by atomic mass is 16.5. The van der Waals surface area contributed by atoms with Crippen LogP contribution >= 0.6 is 0 Å². The van der Waals surface area contributed by atoms with Gasteiger partial charge in [0.05, 0.1) is 13.4 Å². The Bertz CT molecular complexity index is 552. The number of carboxylic acid groups (broad SMARTS) is 1. The molecular weight excluding hydrogens is 232 g/mol. The van der Waals surface area contributed by atoms with Crippen LogP contribution in [0.1, 0.15) is 22.8 Å². The van der Waals surface area contributed by atoms with Gasteiger partial charge in [-0.25, -0.2) is 4.79 Å². The average Bonchev–Trinajstić information content (AvgIpc) is 2.82. The van der Waals surface area contributed by atoms with Crippen LogP contribution in [0.25, 0.3) is 11.3 Å². The van der Waals surface area contributed by atoms with Crippen LogP contribution < -0.4 is 4.74 Å². The highest BCUT2D eigenvalue weighted by Gasteiger charge is 2.20. The van der Waals surface area contributed by atoms with Crippen LogP contribution in [0.2, 0.25) is 0 Å². The number of methoxy groups -OCH3 is 1. The molecule has 0 atom stereocenters. The molecule has 1 N–H and O–H groups in total. The first-order chi connectivity index (χ1) is 8.67. The number of hydrogen-bond acceptors (Lipinski definition) is 3. The fourth-order valence-corrected chi connectivity index (χ4v) is 1.84. The Morgan fingerprint density at radius 1 is 1.33 bits per heavy atom. The van der Waals surface area contributed by atoms with Gasteiger partial charge in [-0.2, -0.15) is 0 Å². The highest BCUT2D eigenvalue weighted by Crippen LogP contribution is 2.29. The number of carbonyl (C=O) groups is 1. The molecule has 0 aliphatic heterocycles. The van der Waals surface area contributed by atoms with E-state index in [0.717, 1.165) is 11.3 Å².